The summed E-state index contributed by atoms with van der Waals surface area (Å²) in [6.07, 6.45) is 0. The minimum atomic E-state index is -1.79. The zero-order valence-electron chi connectivity index (χ0n) is 15.4. The van der Waals surface area contributed by atoms with Crippen LogP contribution < -0.4 is 10.6 Å². The Morgan fingerprint density at radius 3 is 2.29 bits per heavy atom. The van der Waals surface area contributed by atoms with E-state index >= 15 is 0 Å². The van der Waals surface area contributed by atoms with E-state index in [9.17, 15) is 14.1 Å². The van der Waals surface area contributed by atoms with Crippen molar-refractivity contribution in [2.24, 2.45) is 8.80 Å². The largest absolute Gasteiger partial charge is 0.505 e. The fourth-order valence-corrected chi connectivity index (χ4v) is 3.53. The number of amidine groups is 2. The number of hydrogen-bond donors (Lipinski definition) is 3. The number of phenolic OH excluding ortho intramolecular Hbond substituents is 1. The van der Waals surface area contributed by atoms with Gasteiger partial charge in [0, 0.05) is 18.6 Å². The molecule has 2 aromatic rings. The Hall–Kier alpha value is -2.72. The van der Waals surface area contributed by atoms with Crippen LogP contribution in [0.3, 0.4) is 0 Å². The third-order valence-electron chi connectivity index (χ3n) is 3.95. The van der Waals surface area contributed by atoms with Crippen molar-refractivity contribution in [1.29, 1.82) is 0 Å². The molecule has 1 heterocycles. The van der Waals surface area contributed by atoms with Crippen molar-refractivity contribution in [2.75, 3.05) is 24.7 Å². The Bertz CT molecular complexity index is 1040. The normalized spacial score (nSPS) is 15.6. The number of aromatic hydroxyl groups is 1. The van der Waals surface area contributed by atoms with Crippen LogP contribution in [0.25, 0.3) is 0 Å². The van der Waals surface area contributed by atoms with Crippen LogP contribution in [-0.2, 0) is 11.2 Å². The molecule has 28 heavy (non-hydrogen) atoms. The molecule has 3 rings (SSSR count). The van der Waals surface area contributed by atoms with Crippen LogP contribution >= 0.6 is 15.9 Å². The summed E-state index contributed by atoms with van der Waals surface area (Å²) < 4.78 is 20.6. The molecule has 0 saturated carbocycles. The molecule has 3 N–H and O–H groups in total. The Morgan fingerprint density at radius 1 is 1.07 bits per heavy atom. The number of nitrogens with one attached hydrogen (secondary N) is 2. The van der Waals surface area contributed by atoms with Gasteiger partial charge in [-0.1, -0.05) is 18.2 Å². The standard InChI is InChI=1S/C18H18BrN5O3S/c1-10-8-9-13(15(25)14(10)18(26)24(2)3)21-17-16(22-28(27)23-17)20-12-7-5-4-6-11(12)19/h4-9,25H,1-3H3,(H,20,22)(H,21,23). The van der Waals surface area contributed by atoms with Gasteiger partial charge < -0.3 is 20.6 Å². The average molecular weight is 464 g/mol. The number of aryl methyl sites for hydroxylation is 1. The van der Waals surface area contributed by atoms with Crippen LogP contribution in [0.4, 0.5) is 11.4 Å². The highest BCUT2D eigenvalue weighted by Gasteiger charge is 2.24. The van der Waals surface area contributed by atoms with Crippen molar-refractivity contribution in [3.05, 3.63) is 52.0 Å². The van der Waals surface area contributed by atoms with E-state index in [0.717, 1.165) is 4.47 Å². The van der Waals surface area contributed by atoms with Gasteiger partial charge in [-0.05, 0) is 46.6 Å². The molecule has 1 unspecified atom stereocenters. The Kier molecular flexibility index (Phi) is 5.80. The molecule has 0 aliphatic carbocycles. The van der Waals surface area contributed by atoms with Crippen LogP contribution in [0.15, 0.2) is 49.7 Å². The third kappa shape index (κ3) is 4.07. The highest BCUT2D eigenvalue weighted by molar-refractivity contribution is 9.10. The maximum absolute atomic E-state index is 12.4. The molecule has 0 bridgehead atoms. The smallest absolute Gasteiger partial charge is 0.269 e. The number of nitrogens with zero attached hydrogens (tertiary/aromatic N) is 3. The number of benzene rings is 2. The van der Waals surface area contributed by atoms with Crippen LogP contribution in [0.5, 0.6) is 5.75 Å². The Labute approximate surface area is 173 Å². The van der Waals surface area contributed by atoms with E-state index in [-0.39, 0.29) is 34.6 Å². The summed E-state index contributed by atoms with van der Waals surface area (Å²) in [4.78, 5) is 13.8. The van der Waals surface area contributed by atoms with E-state index < -0.39 is 11.2 Å². The zero-order valence-corrected chi connectivity index (χ0v) is 17.8. The van der Waals surface area contributed by atoms with E-state index in [1.54, 1.807) is 33.2 Å². The molecule has 10 heteroatoms. The van der Waals surface area contributed by atoms with E-state index in [1.165, 1.54) is 4.90 Å². The zero-order chi connectivity index (χ0) is 20.4. The number of halogens is 1. The van der Waals surface area contributed by atoms with Crippen molar-refractivity contribution in [2.45, 2.75) is 6.92 Å². The van der Waals surface area contributed by atoms with Crippen molar-refractivity contribution < 1.29 is 14.1 Å². The molecule has 8 nitrogen and oxygen atoms in total. The SMILES string of the molecule is Cc1ccc(NC2=NS(=O)N=C2Nc2ccccc2Br)c(O)c1C(=O)N(C)C. The second-order valence-corrected chi connectivity index (χ2v) is 7.87. The maximum atomic E-state index is 12.4. The first-order valence-corrected chi connectivity index (χ1v) is 10.1. The maximum Gasteiger partial charge on any atom is 0.269 e. The van der Waals surface area contributed by atoms with Gasteiger partial charge in [-0.15, -0.1) is 8.80 Å². The molecule has 0 fully saturated rings. The molecule has 1 atom stereocenters. The van der Waals surface area contributed by atoms with Gasteiger partial charge in [-0.3, -0.25) is 4.79 Å². The van der Waals surface area contributed by atoms with Crippen molar-refractivity contribution in [1.82, 2.24) is 4.90 Å². The van der Waals surface area contributed by atoms with Crippen molar-refractivity contribution >= 4 is 56.1 Å². The lowest BCUT2D eigenvalue weighted by Crippen LogP contribution is -2.28. The van der Waals surface area contributed by atoms with E-state index in [4.69, 9.17) is 0 Å². The number of rotatable bonds is 3. The monoisotopic (exact) mass is 463 g/mol. The van der Waals surface area contributed by atoms with E-state index in [0.29, 0.717) is 11.3 Å². The highest BCUT2D eigenvalue weighted by Crippen LogP contribution is 2.31. The third-order valence-corrected chi connectivity index (χ3v) is 5.32. The van der Waals surface area contributed by atoms with Gasteiger partial charge in [-0.25, -0.2) is 4.21 Å². The molecular weight excluding hydrogens is 446 g/mol. The molecule has 0 saturated heterocycles. The summed E-state index contributed by atoms with van der Waals surface area (Å²) in [6, 6.07) is 10.7. The molecule has 1 aliphatic heterocycles. The van der Waals surface area contributed by atoms with Gasteiger partial charge >= 0.3 is 0 Å². The van der Waals surface area contributed by atoms with Gasteiger partial charge in [0.2, 0.25) is 0 Å². The molecule has 0 radical (unpaired) electrons. The predicted molar refractivity (Wildman–Crippen MR) is 115 cm³/mol. The highest BCUT2D eigenvalue weighted by atomic mass is 79.9. The topological polar surface area (TPSA) is 106 Å². The minimum Gasteiger partial charge on any atom is -0.505 e. The number of amides is 1. The summed E-state index contributed by atoms with van der Waals surface area (Å²) in [5.74, 6) is -0.0858. The molecule has 0 aromatic heterocycles. The van der Waals surface area contributed by atoms with Gasteiger partial charge in [0.1, 0.15) is 0 Å². The van der Waals surface area contributed by atoms with Crippen LogP contribution in [0.1, 0.15) is 15.9 Å². The predicted octanol–water partition coefficient (Wildman–Crippen LogP) is 3.08. The summed E-state index contributed by atoms with van der Waals surface area (Å²) >= 11 is 1.64. The fourth-order valence-electron chi connectivity index (χ4n) is 2.53. The van der Waals surface area contributed by atoms with Gasteiger partial charge in [0.15, 0.2) is 17.4 Å². The summed E-state index contributed by atoms with van der Waals surface area (Å²) in [6.45, 7) is 1.74. The number of phenols is 1. The first-order valence-electron chi connectivity index (χ1n) is 8.20. The molecule has 146 valence electrons. The lowest BCUT2D eigenvalue weighted by Gasteiger charge is -2.17. The molecule has 0 spiro atoms. The van der Waals surface area contributed by atoms with Crippen LogP contribution in [0.2, 0.25) is 0 Å². The summed E-state index contributed by atoms with van der Waals surface area (Å²) in [7, 11) is 3.22. The number of carbonyl (C=O) groups is 1. The molecule has 1 amide bonds. The van der Waals surface area contributed by atoms with Crippen LogP contribution in [-0.4, -0.2) is 45.9 Å². The Balaban J connectivity index is 1.91. The summed E-state index contributed by atoms with van der Waals surface area (Å²) in [5, 5.41) is 16.6. The number of carbonyl (C=O) groups excluding carboxylic acids is 1. The molecule has 2 aromatic carbocycles. The first-order chi connectivity index (χ1) is 13.3. The first kappa shape index (κ1) is 20.0. The van der Waals surface area contributed by atoms with Gasteiger partial charge in [-0.2, -0.15) is 0 Å². The fraction of sp³-hybridized carbons (Fsp3) is 0.167. The second kappa shape index (κ2) is 8.11. The number of anilines is 2. The van der Waals surface area contributed by atoms with Gasteiger partial charge in [0.05, 0.1) is 16.9 Å². The Morgan fingerprint density at radius 2 is 1.68 bits per heavy atom. The van der Waals surface area contributed by atoms with Crippen molar-refractivity contribution in [3.63, 3.8) is 0 Å². The number of para-hydroxylation sites is 1. The molecular formula is C18H18BrN5O3S. The minimum absolute atomic E-state index is 0.187. The quantitative estimate of drug-likeness (QED) is 0.606. The summed E-state index contributed by atoms with van der Waals surface area (Å²) in [5.41, 5.74) is 1.80. The lowest BCUT2D eigenvalue weighted by atomic mass is 10.0. The average Bonchev–Trinajstić information content (AvgIpc) is 2.98. The lowest BCUT2D eigenvalue weighted by molar-refractivity contribution is 0.0824. The van der Waals surface area contributed by atoms with E-state index in [1.807, 2.05) is 24.3 Å². The van der Waals surface area contributed by atoms with E-state index in [2.05, 4.69) is 35.4 Å². The molecule has 1 aliphatic rings. The van der Waals surface area contributed by atoms with Gasteiger partial charge in [0.25, 0.3) is 17.1 Å². The second-order valence-electron chi connectivity index (χ2n) is 6.19. The van der Waals surface area contributed by atoms with Crippen LogP contribution in [0, 0.1) is 6.92 Å². The number of hydrogen-bond acceptors (Lipinski definition) is 5. The van der Waals surface area contributed by atoms with Crippen molar-refractivity contribution in [3.8, 4) is 5.75 Å².